The van der Waals surface area contributed by atoms with Gasteiger partial charge in [-0.3, -0.25) is 0 Å². The van der Waals surface area contributed by atoms with Crippen LogP contribution < -0.4 is 4.74 Å². The van der Waals surface area contributed by atoms with Gasteiger partial charge in [0.25, 0.3) is 0 Å². The molecule has 2 aromatic rings. The van der Waals surface area contributed by atoms with Crippen molar-refractivity contribution in [2.45, 2.75) is 27.4 Å². The highest BCUT2D eigenvalue weighted by molar-refractivity contribution is 9.10. The van der Waals surface area contributed by atoms with Crippen molar-refractivity contribution in [3.8, 4) is 5.75 Å². The number of hydrogen-bond acceptors (Lipinski definition) is 1. The van der Waals surface area contributed by atoms with Gasteiger partial charge in [0, 0.05) is 0 Å². The lowest BCUT2D eigenvalue weighted by Crippen LogP contribution is -1.98. The third-order valence-corrected chi connectivity index (χ3v) is 3.43. The molecule has 0 amide bonds. The molecule has 0 saturated carbocycles. The van der Waals surface area contributed by atoms with Gasteiger partial charge in [0.2, 0.25) is 0 Å². The van der Waals surface area contributed by atoms with E-state index < -0.39 is 0 Å². The summed E-state index contributed by atoms with van der Waals surface area (Å²) in [4.78, 5) is 0. The first-order valence-electron chi connectivity index (χ1n) is 6.01. The van der Waals surface area contributed by atoms with Gasteiger partial charge in [-0.05, 0) is 59.5 Å². The van der Waals surface area contributed by atoms with Crippen LogP contribution in [-0.4, -0.2) is 0 Å². The lowest BCUT2D eigenvalue weighted by molar-refractivity contribution is 0.302. The zero-order chi connectivity index (χ0) is 13.1. The molecule has 0 heterocycles. The largest absolute Gasteiger partial charge is 0.487 e. The zero-order valence-corrected chi connectivity index (χ0v) is 12.5. The molecule has 2 aromatic carbocycles. The predicted molar refractivity (Wildman–Crippen MR) is 79.1 cm³/mol. The summed E-state index contributed by atoms with van der Waals surface area (Å²) in [6.45, 7) is 6.85. The monoisotopic (exact) mass is 304 g/mol. The van der Waals surface area contributed by atoms with Crippen molar-refractivity contribution in [3.63, 3.8) is 0 Å². The lowest BCUT2D eigenvalue weighted by Gasteiger charge is -2.12. The van der Waals surface area contributed by atoms with Gasteiger partial charge >= 0.3 is 0 Å². The summed E-state index contributed by atoms with van der Waals surface area (Å²) in [5.41, 5.74) is 4.86. The second-order valence-electron chi connectivity index (χ2n) is 4.67. The molecule has 0 spiro atoms. The Morgan fingerprint density at radius 3 is 2.44 bits per heavy atom. The molecule has 94 valence electrons. The first kappa shape index (κ1) is 13.2. The van der Waals surface area contributed by atoms with Crippen LogP contribution in [0.4, 0.5) is 0 Å². The summed E-state index contributed by atoms with van der Waals surface area (Å²) < 4.78 is 6.94. The molecule has 2 heteroatoms. The van der Waals surface area contributed by atoms with Crippen molar-refractivity contribution >= 4 is 15.9 Å². The van der Waals surface area contributed by atoms with Crippen molar-refractivity contribution in [1.29, 1.82) is 0 Å². The highest BCUT2D eigenvalue weighted by atomic mass is 79.9. The molecule has 0 aliphatic rings. The van der Waals surface area contributed by atoms with Crippen LogP contribution >= 0.6 is 15.9 Å². The fourth-order valence-corrected chi connectivity index (χ4v) is 2.83. The van der Waals surface area contributed by atoms with Crippen molar-refractivity contribution < 1.29 is 4.74 Å². The fraction of sp³-hybridized carbons (Fsp3) is 0.250. The van der Waals surface area contributed by atoms with Gasteiger partial charge in [-0.1, -0.05) is 35.9 Å². The summed E-state index contributed by atoms with van der Waals surface area (Å²) in [6.07, 6.45) is 0. The van der Waals surface area contributed by atoms with Gasteiger partial charge in [0.05, 0.1) is 4.47 Å². The van der Waals surface area contributed by atoms with E-state index in [4.69, 9.17) is 4.74 Å². The summed E-state index contributed by atoms with van der Waals surface area (Å²) >= 11 is 3.56. The quantitative estimate of drug-likeness (QED) is 0.779. The molecule has 0 bridgehead atoms. The van der Waals surface area contributed by atoms with Gasteiger partial charge < -0.3 is 4.74 Å². The molecule has 2 rings (SSSR count). The Morgan fingerprint density at radius 2 is 1.78 bits per heavy atom. The van der Waals surface area contributed by atoms with Crippen molar-refractivity contribution in [1.82, 2.24) is 0 Å². The van der Waals surface area contributed by atoms with E-state index in [1.54, 1.807) is 0 Å². The van der Waals surface area contributed by atoms with Gasteiger partial charge in [-0.15, -0.1) is 0 Å². The van der Waals surface area contributed by atoms with Crippen LogP contribution in [0.2, 0.25) is 0 Å². The van der Waals surface area contributed by atoms with Crippen LogP contribution in [0.15, 0.2) is 40.9 Å². The first-order chi connectivity index (χ1) is 8.56. The van der Waals surface area contributed by atoms with E-state index in [9.17, 15) is 0 Å². The predicted octanol–water partition coefficient (Wildman–Crippen LogP) is 4.95. The van der Waals surface area contributed by atoms with E-state index in [-0.39, 0.29) is 0 Å². The maximum Gasteiger partial charge on any atom is 0.136 e. The minimum atomic E-state index is 0.601. The molecule has 0 aliphatic carbocycles. The normalized spacial score (nSPS) is 10.4. The molecule has 0 N–H and O–H groups in total. The molecule has 18 heavy (non-hydrogen) atoms. The fourth-order valence-electron chi connectivity index (χ4n) is 2.04. The van der Waals surface area contributed by atoms with Crippen molar-refractivity contribution in [2.75, 3.05) is 0 Å². The van der Waals surface area contributed by atoms with Crippen LogP contribution in [-0.2, 0) is 6.61 Å². The molecule has 0 aliphatic heterocycles. The summed E-state index contributed by atoms with van der Waals surface area (Å²) in [6, 6.07) is 12.6. The van der Waals surface area contributed by atoms with Crippen LogP contribution in [0.1, 0.15) is 22.3 Å². The first-order valence-corrected chi connectivity index (χ1v) is 6.80. The lowest BCUT2D eigenvalue weighted by atomic mass is 10.1. The number of ether oxygens (including phenoxy) is 1. The standard InChI is InChI=1S/C16H17BrO/c1-11-5-4-6-14(8-11)10-18-16-13(3)7-12(2)9-15(16)17/h4-9H,10H2,1-3H3. The smallest absolute Gasteiger partial charge is 0.136 e. The maximum absolute atomic E-state index is 5.92. The topological polar surface area (TPSA) is 9.23 Å². The molecule has 0 aromatic heterocycles. The molecule has 0 saturated heterocycles. The van der Waals surface area contributed by atoms with Crippen LogP contribution in [0.3, 0.4) is 0 Å². The molecule has 1 nitrogen and oxygen atoms in total. The van der Waals surface area contributed by atoms with E-state index in [1.165, 1.54) is 16.7 Å². The summed E-state index contributed by atoms with van der Waals surface area (Å²) in [5, 5.41) is 0. The highest BCUT2D eigenvalue weighted by Crippen LogP contribution is 2.30. The molecular weight excluding hydrogens is 288 g/mol. The average Bonchev–Trinajstić information content (AvgIpc) is 2.27. The third-order valence-electron chi connectivity index (χ3n) is 2.84. The molecule has 0 radical (unpaired) electrons. The Kier molecular flexibility index (Phi) is 4.07. The minimum absolute atomic E-state index is 0.601. The highest BCUT2D eigenvalue weighted by Gasteiger charge is 2.06. The van der Waals surface area contributed by atoms with Crippen LogP contribution in [0.5, 0.6) is 5.75 Å². The number of halogens is 1. The van der Waals surface area contributed by atoms with E-state index in [2.05, 4.69) is 73.1 Å². The Bertz CT molecular complexity index is 538. The van der Waals surface area contributed by atoms with E-state index >= 15 is 0 Å². The average molecular weight is 305 g/mol. The van der Waals surface area contributed by atoms with E-state index in [0.717, 1.165) is 15.8 Å². The van der Waals surface area contributed by atoms with Gasteiger partial charge in [-0.25, -0.2) is 0 Å². The second kappa shape index (κ2) is 5.57. The Morgan fingerprint density at radius 1 is 1.00 bits per heavy atom. The maximum atomic E-state index is 5.92. The van der Waals surface area contributed by atoms with Crippen LogP contribution in [0.25, 0.3) is 0 Å². The van der Waals surface area contributed by atoms with Crippen LogP contribution in [0, 0.1) is 20.8 Å². The van der Waals surface area contributed by atoms with E-state index in [0.29, 0.717) is 6.61 Å². The molecule has 0 unspecified atom stereocenters. The molecular formula is C16H17BrO. The SMILES string of the molecule is Cc1cccc(COc2c(C)cc(C)cc2Br)c1. The Labute approximate surface area is 117 Å². The molecule has 0 atom stereocenters. The van der Waals surface area contributed by atoms with Gasteiger partial charge in [0.1, 0.15) is 12.4 Å². The second-order valence-corrected chi connectivity index (χ2v) is 5.52. The summed E-state index contributed by atoms with van der Waals surface area (Å²) in [7, 11) is 0. The van der Waals surface area contributed by atoms with Crippen molar-refractivity contribution in [3.05, 3.63) is 63.1 Å². The molecule has 0 fully saturated rings. The number of benzene rings is 2. The Balaban J connectivity index is 2.16. The Hall–Kier alpha value is -1.28. The van der Waals surface area contributed by atoms with E-state index in [1.807, 2.05) is 0 Å². The number of rotatable bonds is 3. The van der Waals surface area contributed by atoms with Crippen molar-refractivity contribution in [2.24, 2.45) is 0 Å². The third kappa shape index (κ3) is 3.14. The number of hydrogen-bond donors (Lipinski definition) is 0. The summed E-state index contributed by atoms with van der Waals surface area (Å²) in [5.74, 6) is 0.933. The van der Waals surface area contributed by atoms with Gasteiger partial charge in [0.15, 0.2) is 0 Å². The van der Waals surface area contributed by atoms with Gasteiger partial charge in [-0.2, -0.15) is 0 Å². The zero-order valence-electron chi connectivity index (χ0n) is 11.0. The minimum Gasteiger partial charge on any atom is -0.487 e. The number of aryl methyl sites for hydroxylation is 3.